The second-order valence-electron chi connectivity index (χ2n) is 5.81. The van der Waals surface area contributed by atoms with Gasteiger partial charge in [-0.3, -0.25) is 0 Å². The van der Waals surface area contributed by atoms with Crippen LogP contribution in [0.15, 0.2) is 48.5 Å². The highest BCUT2D eigenvalue weighted by Crippen LogP contribution is 2.42. The molecule has 0 amide bonds. The summed E-state index contributed by atoms with van der Waals surface area (Å²) in [5.74, 6) is 0.476. The van der Waals surface area contributed by atoms with Crippen molar-refractivity contribution in [3.63, 3.8) is 0 Å². The first-order valence-electron chi connectivity index (χ1n) is 7.40. The summed E-state index contributed by atoms with van der Waals surface area (Å²) in [7, 11) is 0. The van der Waals surface area contributed by atoms with Gasteiger partial charge in [0.2, 0.25) is 0 Å². The number of rotatable bonds is 5. The molecule has 0 heterocycles. The van der Waals surface area contributed by atoms with Gasteiger partial charge in [0.05, 0.1) is 0 Å². The minimum absolute atomic E-state index is 0.181. The van der Waals surface area contributed by atoms with Crippen LogP contribution < -0.4 is 5.32 Å². The molecule has 0 aromatic heterocycles. The van der Waals surface area contributed by atoms with E-state index in [1.165, 1.54) is 24.0 Å². The van der Waals surface area contributed by atoms with Crippen molar-refractivity contribution in [3.05, 3.63) is 70.5 Å². The highest BCUT2D eigenvalue weighted by atomic mass is 35.5. The number of halogens is 2. The van der Waals surface area contributed by atoms with Crippen molar-refractivity contribution in [1.82, 2.24) is 5.32 Å². The average molecular weight is 304 g/mol. The van der Waals surface area contributed by atoms with Crippen LogP contribution in [0.5, 0.6) is 0 Å². The molecule has 1 fully saturated rings. The summed E-state index contributed by atoms with van der Waals surface area (Å²) in [6.07, 6.45) is 2.48. The Bertz CT molecular complexity index is 590. The van der Waals surface area contributed by atoms with E-state index in [9.17, 15) is 4.39 Å². The van der Waals surface area contributed by atoms with Crippen molar-refractivity contribution < 1.29 is 4.39 Å². The number of hydrogen-bond donors (Lipinski definition) is 1. The van der Waals surface area contributed by atoms with Crippen molar-refractivity contribution in [2.24, 2.45) is 5.92 Å². The molecule has 0 radical (unpaired) electrons. The summed E-state index contributed by atoms with van der Waals surface area (Å²) in [6.45, 7) is 2.15. The van der Waals surface area contributed by atoms with E-state index >= 15 is 0 Å². The quantitative estimate of drug-likeness (QED) is 0.792. The Kier molecular flexibility index (Phi) is 4.27. The Hall–Kier alpha value is -1.38. The van der Waals surface area contributed by atoms with Crippen LogP contribution in [-0.2, 0) is 0 Å². The number of nitrogens with one attached hydrogen (secondary N) is 1. The second kappa shape index (κ2) is 6.17. The van der Waals surface area contributed by atoms with E-state index < -0.39 is 0 Å². The molecule has 1 saturated carbocycles. The Labute approximate surface area is 130 Å². The van der Waals surface area contributed by atoms with E-state index in [0.29, 0.717) is 5.92 Å². The molecule has 2 atom stereocenters. The molecule has 1 nitrogen and oxygen atoms in total. The highest BCUT2D eigenvalue weighted by Gasteiger charge is 2.33. The van der Waals surface area contributed by atoms with Crippen LogP contribution in [0.4, 0.5) is 4.39 Å². The standard InChI is InChI=1S/C18H19ClFN/c1-12(13-4-8-16(19)9-5-13)21-18(14-2-3-14)15-6-10-17(20)11-7-15/h4-12,14,18,21H,2-3H2,1H3/t12-,18?/m1/s1. The summed E-state index contributed by atoms with van der Waals surface area (Å²) >= 11 is 5.94. The normalized spacial score (nSPS) is 17.5. The second-order valence-corrected chi connectivity index (χ2v) is 6.24. The molecule has 0 aliphatic heterocycles. The maximum absolute atomic E-state index is 13.1. The van der Waals surface area contributed by atoms with Crippen molar-refractivity contribution in [2.75, 3.05) is 0 Å². The maximum Gasteiger partial charge on any atom is 0.123 e. The molecular formula is C18H19ClFN. The van der Waals surface area contributed by atoms with E-state index in [1.54, 1.807) is 12.1 Å². The summed E-state index contributed by atoms with van der Waals surface area (Å²) < 4.78 is 13.1. The van der Waals surface area contributed by atoms with Gasteiger partial charge in [0.15, 0.2) is 0 Å². The third kappa shape index (κ3) is 3.63. The molecule has 21 heavy (non-hydrogen) atoms. The molecule has 1 unspecified atom stereocenters. The monoisotopic (exact) mass is 303 g/mol. The first-order valence-corrected chi connectivity index (χ1v) is 7.78. The van der Waals surface area contributed by atoms with Crippen LogP contribution in [-0.4, -0.2) is 0 Å². The van der Waals surface area contributed by atoms with E-state index in [0.717, 1.165) is 5.02 Å². The lowest BCUT2D eigenvalue weighted by molar-refractivity contribution is 0.427. The number of hydrogen-bond acceptors (Lipinski definition) is 1. The zero-order valence-electron chi connectivity index (χ0n) is 12.0. The third-order valence-electron chi connectivity index (χ3n) is 4.12. The van der Waals surface area contributed by atoms with Crippen LogP contribution in [0.2, 0.25) is 5.02 Å². The fraction of sp³-hybridized carbons (Fsp3) is 0.333. The van der Waals surface area contributed by atoms with Crippen LogP contribution in [0, 0.1) is 11.7 Å². The van der Waals surface area contributed by atoms with Gasteiger partial charge in [-0.05, 0) is 61.1 Å². The highest BCUT2D eigenvalue weighted by molar-refractivity contribution is 6.30. The molecule has 0 bridgehead atoms. The summed E-state index contributed by atoms with van der Waals surface area (Å²) in [4.78, 5) is 0. The van der Waals surface area contributed by atoms with Crippen LogP contribution >= 0.6 is 11.6 Å². The maximum atomic E-state index is 13.1. The molecule has 0 spiro atoms. The molecule has 2 aromatic carbocycles. The largest absolute Gasteiger partial charge is 0.303 e. The van der Waals surface area contributed by atoms with Crippen molar-refractivity contribution in [2.45, 2.75) is 31.8 Å². The minimum Gasteiger partial charge on any atom is -0.303 e. The Balaban J connectivity index is 1.76. The van der Waals surface area contributed by atoms with Crippen molar-refractivity contribution in [1.29, 1.82) is 0 Å². The van der Waals surface area contributed by atoms with E-state index in [-0.39, 0.29) is 17.9 Å². The van der Waals surface area contributed by atoms with Gasteiger partial charge in [0.25, 0.3) is 0 Å². The topological polar surface area (TPSA) is 12.0 Å². The third-order valence-corrected chi connectivity index (χ3v) is 4.37. The Morgan fingerprint density at radius 3 is 2.14 bits per heavy atom. The zero-order valence-corrected chi connectivity index (χ0v) is 12.8. The van der Waals surface area contributed by atoms with Gasteiger partial charge in [-0.15, -0.1) is 0 Å². The van der Waals surface area contributed by atoms with E-state index in [4.69, 9.17) is 11.6 Å². The lowest BCUT2D eigenvalue weighted by Gasteiger charge is -2.24. The predicted molar refractivity (Wildman–Crippen MR) is 84.9 cm³/mol. The molecule has 3 heteroatoms. The SMILES string of the molecule is C[C@@H](NC(c1ccc(F)cc1)C1CC1)c1ccc(Cl)cc1. The van der Waals surface area contributed by atoms with Crippen molar-refractivity contribution in [3.8, 4) is 0 Å². The summed E-state index contributed by atoms with van der Waals surface area (Å²) in [5, 5.41) is 4.44. The molecular weight excluding hydrogens is 285 g/mol. The Morgan fingerprint density at radius 1 is 1.00 bits per heavy atom. The van der Waals surface area contributed by atoms with Crippen LogP contribution in [0.1, 0.15) is 43.0 Å². The lowest BCUT2D eigenvalue weighted by atomic mass is 9.99. The lowest BCUT2D eigenvalue weighted by Crippen LogP contribution is -2.26. The minimum atomic E-state index is -0.181. The van der Waals surface area contributed by atoms with Gasteiger partial charge in [-0.1, -0.05) is 35.9 Å². The fourth-order valence-corrected chi connectivity index (χ4v) is 2.85. The van der Waals surface area contributed by atoms with Crippen LogP contribution in [0.3, 0.4) is 0 Å². The van der Waals surface area contributed by atoms with E-state index in [1.807, 2.05) is 24.3 Å². The molecule has 2 aromatic rings. The van der Waals surface area contributed by atoms with Gasteiger partial charge >= 0.3 is 0 Å². The molecule has 0 saturated heterocycles. The molecule has 1 aliphatic carbocycles. The smallest absolute Gasteiger partial charge is 0.123 e. The molecule has 1 aliphatic rings. The molecule has 3 rings (SSSR count). The summed E-state index contributed by atoms with van der Waals surface area (Å²) in [5.41, 5.74) is 2.38. The van der Waals surface area contributed by atoms with Gasteiger partial charge in [0, 0.05) is 17.1 Å². The fourth-order valence-electron chi connectivity index (χ4n) is 2.72. The average Bonchev–Trinajstić information content (AvgIpc) is 3.31. The summed E-state index contributed by atoms with van der Waals surface area (Å²) in [6, 6.07) is 15.3. The predicted octanol–water partition coefficient (Wildman–Crippen LogP) is 5.28. The first-order chi connectivity index (χ1) is 10.1. The zero-order chi connectivity index (χ0) is 14.8. The molecule has 1 N–H and O–H groups in total. The number of benzene rings is 2. The van der Waals surface area contributed by atoms with Crippen molar-refractivity contribution >= 4 is 11.6 Å². The van der Waals surface area contributed by atoms with E-state index in [2.05, 4.69) is 24.4 Å². The van der Waals surface area contributed by atoms with Gasteiger partial charge in [-0.2, -0.15) is 0 Å². The van der Waals surface area contributed by atoms with Gasteiger partial charge < -0.3 is 5.32 Å². The van der Waals surface area contributed by atoms with Gasteiger partial charge in [0.1, 0.15) is 5.82 Å². The van der Waals surface area contributed by atoms with Crippen LogP contribution in [0.25, 0.3) is 0 Å². The molecule has 110 valence electrons. The van der Waals surface area contributed by atoms with Gasteiger partial charge in [-0.25, -0.2) is 4.39 Å². The first kappa shape index (κ1) is 14.6. The Morgan fingerprint density at radius 2 is 1.57 bits per heavy atom.